The van der Waals surface area contributed by atoms with Crippen LogP contribution in [0.5, 0.6) is 0 Å². The number of pyridine rings is 2. The second-order valence-corrected chi connectivity index (χ2v) is 11.5. The molecule has 0 aromatic carbocycles. The number of nitrogens with one attached hydrogen (secondary N) is 1. The van der Waals surface area contributed by atoms with Crippen LogP contribution in [-0.2, 0) is 17.7 Å². The Labute approximate surface area is 212 Å². The Hall–Kier alpha value is -3.13. The van der Waals surface area contributed by atoms with Crippen LogP contribution in [0, 0.1) is 5.92 Å². The molecule has 0 bridgehead atoms. The smallest absolute Gasteiger partial charge is 0.407 e. The molecule has 8 nitrogen and oxygen atoms in total. The van der Waals surface area contributed by atoms with Crippen molar-refractivity contribution in [3.63, 3.8) is 0 Å². The molecule has 0 radical (unpaired) electrons. The Morgan fingerprint density at radius 3 is 2.86 bits per heavy atom. The number of piperidine rings is 1. The summed E-state index contributed by atoms with van der Waals surface area (Å²) in [5.74, 6) is 1.79. The summed E-state index contributed by atoms with van der Waals surface area (Å²) >= 11 is 0. The zero-order valence-corrected chi connectivity index (χ0v) is 21.5. The molecule has 1 aliphatic carbocycles. The van der Waals surface area contributed by atoms with Crippen LogP contribution in [0.3, 0.4) is 0 Å². The average molecular weight is 489 g/mol. The van der Waals surface area contributed by atoms with Crippen molar-refractivity contribution in [2.45, 2.75) is 70.7 Å². The highest BCUT2D eigenvalue weighted by atomic mass is 16.6. The van der Waals surface area contributed by atoms with E-state index in [2.05, 4.69) is 56.0 Å². The van der Waals surface area contributed by atoms with Gasteiger partial charge < -0.3 is 15.0 Å². The van der Waals surface area contributed by atoms with E-state index in [0.717, 1.165) is 49.8 Å². The number of hydrogen-bond donors (Lipinski definition) is 1. The van der Waals surface area contributed by atoms with Gasteiger partial charge >= 0.3 is 6.09 Å². The third-order valence-electron chi connectivity index (χ3n) is 7.66. The number of carbonyl (C=O) groups excluding carboxylic acids is 1. The fourth-order valence-electron chi connectivity index (χ4n) is 6.12. The maximum atomic E-state index is 12.1. The van der Waals surface area contributed by atoms with Gasteiger partial charge in [-0.25, -0.2) is 9.78 Å². The van der Waals surface area contributed by atoms with Crippen molar-refractivity contribution in [2.75, 3.05) is 24.5 Å². The highest BCUT2D eigenvalue weighted by Crippen LogP contribution is 2.43. The van der Waals surface area contributed by atoms with Crippen molar-refractivity contribution < 1.29 is 9.53 Å². The van der Waals surface area contributed by atoms with Crippen molar-refractivity contribution in [3.05, 3.63) is 59.7 Å². The van der Waals surface area contributed by atoms with Gasteiger partial charge in [0.15, 0.2) is 0 Å². The Morgan fingerprint density at radius 1 is 1.17 bits per heavy atom. The van der Waals surface area contributed by atoms with Crippen molar-refractivity contribution in [2.24, 2.45) is 5.92 Å². The predicted octanol–water partition coefficient (Wildman–Crippen LogP) is 4.34. The van der Waals surface area contributed by atoms with E-state index in [9.17, 15) is 4.79 Å². The molecule has 2 aliphatic heterocycles. The lowest BCUT2D eigenvalue weighted by Gasteiger charge is -2.44. The van der Waals surface area contributed by atoms with Crippen molar-refractivity contribution >= 4 is 17.6 Å². The molecule has 0 unspecified atom stereocenters. The number of hydrogen-bond acceptors (Lipinski definition) is 6. The van der Waals surface area contributed by atoms with Crippen LogP contribution in [0.1, 0.15) is 63.0 Å². The molecule has 2 saturated heterocycles. The Kier molecular flexibility index (Phi) is 5.86. The van der Waals surface area contributed by atoms with Crippen LogP contribution in [0.4, 0.5) is 10.6 Å². The van der Waals surface area contributed by atoms with E-state index in [-0.39, 0.29) is 12.1 Å². The summed E-state index contributed by atoms with van der Waals surface area (Å²) in [4.78, 5) is 26.8. The van der Waals surface area contributed by atoms with Crippen LogP contribution < -0.4 is 10.2 Å². The van der Waals surface area contributed by atoms with Gasteiger partial charge in [-0.05, 0) is 82.7 Å². The molecule has 8 heteroatoms. The molecule has 6 rings (SSSR count). The number of aromatic nitrogens is 3. The predicted molar refractivity (Wildman–Crippen MR) is 139 cm³/mol. The SMILES string of the molecule is CC(C)(C)OC(=O)NC1CN(c2cccc3nc(CN4CCC[C@H]5CCc6cccnc6[C@H]54)cn23)C1. The molecule has 0 spiro atoms. The molecule has 3 aromatic rings. The number of aryl methyl sites for hydroxylation is 1. The monoisotopic (exact) mass is 488 g/mol. The minimum absolute atomic E-state index is 0.0854. The lowest BCUT2D eigenvalue weighted by Crippen LogP contribution is -2.60. The van der Waals surface area contributed by atoms with Gasteiger partial charge in [0.1, 0.15) is 17.1 Å². The summed E-state index contributed by atoms with van der Waals surface area (Å²) in [5.41, 5.74) is 4.25. The van der Waals surface area contributed by atoms with Gasteiger partial charge in [0.05, 0.1) is 23.5 Å². The lowest BCUT2D eigenvalue weighted by molar-refractivity contribution is 0.0496. The normalized spacial score (nSPS) is 22.6. The molecule has 1 N–H and O–H groups in total. The first kappa shape index (κ1) is 23.3. The topological polar surface area (TPSA) is 75.0 Å². The van der Waals surface area contributed by atoms with Crippen molar-refractivity contribution in [3.8, 4) is 0 Å². The van der Waals surface area contributed by atoms with Crippen LogP contribution in [-0.4, -0.2) is 56.6 Å². The average Bonchev–Trinajstić information content (AvgIpc) is 3.23. The summed E-state index contributed by atoms with van der Waals surface area (Å²) in [5, 5.41) is 2.97. The molecule has 3 aromatic heterocycles. The Balaban J connectivity index is 1.17. The summed E-state index contributed by atoms with van der Waals surface area (Å²) in [6.45, 7) is 9.07. The van der Waals surface area contributed by atoms with Crippen LogP contribution >= 0.6 is 0 Å². The number of ether oxygens (including phenoxy) is 1. The molecular weight excluding hydrogens is 452 g/mol. The highest BCUT2D eigenvalue weighted by molar-refractivity contribution is 5.69. The van der Waals surface area contributed by atoms with Gasteiger partial charge in [-0.3, -0.25) is 14.3 Å². The molecule has 1 amide bonds. The second-order valence-electron chi connectivity index (χ2n) is 11.5. The molecule has 0 saturated carbocycles. The number of rotatable bonds is 4. The number of fused-ring (bicyclic) bond motifs is 4. The highest BCUT2D eigenvalue weighted by Gasteiger charge is 2.38. The quantitative estimate of drug-likeness (QED) is 0.589. The van der Waals surface area contributed by atoms with E-state index in [4.69, 9.17) is 14.7 Å². The number of carbonyl (C=O) groups is 1. The number of nitrogens with zero attached hydrogens (tertiary/aromatic N) is 5. The minimum Gasteiger partial charge on any atom is -0.444 e. The standard InChI is InChI=1S/C28H36N6O2/c1-28(2,3)36-27(35)31-21-16-33(17-21)24-10-4-9-23-30-22(18-34(23)24)15-32-14-6-8-20-12-11-19-7-5-13-29-25(19)26(20)32/h4-5,7,9-10,13,18,20-21,26H,6,8,11-12,14-17H2,1-3H3,(H,31,35)/t20-,26-/m0/s1. The van der Waals surface area contributed by atoms with Crippen molar-refractivity contribution in [1.29, 1.82) is 0 Å². The number of alkyl carbamates (subject to hydrolysis) is 1. The molecule has 5 heterocycles. The zero-order valence-electron chi connectivity index (χ0n) is 21.5. The second kappa shape index (κ2) is 9.07. The molecule has 2 fully saturated rings. The van der Waals surface area contributed by atoms with E-state index in [1.165, 1.54) is 30.5 Å². The molecular formula is C28H36N6O2. The van der Waals surface area contributed by atoms with Gasteiger partial charge in [0, 0.05) is 32.0 Å². The number of anilines is 1. The lowest BCUT2D eigenvalue weighted by atomic mass is 9.77. The number of amides is 1. The van der Waals surface area contributed by atoms with E-state index in [1.54, 1.807) is 0 Å². The number of imidazole rings is 1. The first-order chi connectivity index (χ1) is 17.3. The first-order valence-electron chi connectivity index (χ1n) is 13.2. The Bertz CT molecular complexity index is 1260. The van der Waals surface area contributed by atoms with E-state index in [0.29, 0.717) is 12.0 Å². The van der Waals surface area contributed by atoms with Crippen LogP contribution in [0.25, 0.3) is 5.65 Å². The Morgan fingerprint density at radius 2 is 2.03 bits per heavy atom. The largest absolute Gasteiger partial charge is 0.444 e. The first-order valence-corrected chi connectivity index (χ1v) is 13.2. The molecule has 36 heavy (non-hydrogen) atoms. The van der Waals surface area contributed by atoms with E-state index < -0.39 is 5.60 Å². The summed E-state index contributed by atoms with van der Waals surface area (Å²) in [6, 6.07) is 11.1. The minimum atomic E-state index is -0.490. The summed E-state index contributed by atoms with van der Waals surface area (Å²) in [7, 11) is 0. The van der Waals surface area contributed by atoms with Crippen LogP contribution in [0.2, 0.25) is 0 Å². The fraction of sp³-hybridized carbons (Fsp3) is 0.536. The fourth-order valence-corrected chi connectivity index (χ4v) is 6.12. The van der Waals surface area contributed by atoms with E-state index >= 15 is 0 Å². The maximum Gasteiger partial charge on any atom is 0.407 e. The summed E-state index contributed by atoms with van der Waals surface area (Å²) < 4.78 is 7.59. The zero-order chi connectivity index (χ0) is 24.9. The summed E-state index contributed by atoms with van der Waals surface area (Å²) in [6.07, 6.45) is 8.71. The molecule has 190 valence electrons. The maximum absolute atomic E-state index is 12.1. The van der Waals surface area contributed by atoms with Gasteiger partial charge in [0.25, 0.3) is 0 Å². The van der Waals surface area contributed by atoms with Gasteiger partial charge in [-0.15, -0.1) is 0 Å². The number of likely N-dealkylation sites (tertiary alicyclic amines) is 1. The van der Waals surface area contributed by atoms with Gasteiger partial charge in [-0.2, -0.15) is 0 Å². The molecule has 3 aliphatic rings. The third-order valence-corrected chi connectivity index (χ3v) is 7.66. The van der Waals surface area contributed by atoms with Crippen LogP contribution in [0.15, 0.2) is 42.7 Å². The van der Waals surface area contributed by atoms with Crippen molar-refractivity contribution in [1.82, 2.24) is 24.6 Å². The van der Waals surface area contributed by atoms with E-state index in [1.807, 2.05) is 27.0 Å². The third kappa shape index (κ3) is 4.54. The molecule has 2 atom stereocenters. The van der Waals surface area contributed by atoms with Gasteiger partial charge in [-0.1, -0.05) is 12.1 Å². The van der Waals surface area contributed by atoms with Gasteiger partial charge in [0.2, 0.25) is 0 Å².